The van der Waals surface area contributed by atoms with Crippen LogP contribution in [0.5, 0.6) is 0 Å². The molecule has 0 spiro atoms. The van der Waals surface area contributed by atoms with Crippen LogP contribution in [0.3, 0.4) is 0 Å². The normalized spacial score (nSPS) is 13.8. The quantitative estimate of drug-likeness (QED) is 0.307. The van der Waals surface area contributed by atoms with Crippen LogP contribution in [-0.4, -0.2) is 52.8 Å². The molecule has 0 radical (unpaired) electrons. The second kappa shape index (κ2) is 10.8. The zero-order valence-corrected chi connectivity index (χ0v) is 19.6. The van der Waals surface area contributed by atoms with Crippen molar-refractivity contribution in [2.75, 3.05) is 41.7 Å². The number of rotatable bonds is 7. The minimum atomic E-state index is -0.0980. The molecule has 0 aliphatic carbocycles. The van der Waals surface area contributed by atoms with Crippen LogP contribution in [0.1, 0.15) is 5.56 Å². The second-order valence-corrected chi connectivity index (χ2v) is 8.98. The first-order valence-electron chi connectivity index (χ1n) is 10.2. The van der Waals surface area contributed by atoms with Crippen LogP contribution < -0.4 is 15.1 Å². The fraction of sp³-hybridized carbons (Fsp3) is 0.273. The van der Waals surface area contributed by atoms with E-state index in [0.29, 0.717) is 16.9 Å². The van der Waals surface area contributed by atoms with Crippen LogP contribution in [0.15, 0.2) is 60.0 Å². The lowest BCUT2D eigenvalue weighted by atomic mass is 10.2. The lowest BCUT2D eigenvalue weighted by Crippen LogP contribution is -2.46. The number of pyridine rings is 1. The van der Waals surface area contributed by atoms with E-state index >= 15 is 0 Å². The Morgan fingerprint density at radius 3 is 2.59 bits per heavy atom. The van der Waals surface area contributed by atoms with E-state index in [-0.39, 0.29) is 11.7 Å². The molecule has 0 unspecified atom stereocenters. The van der Waals surface area contributed by atoms with E-state index in [1.807, 2.05) is 30.3 Å². The molecule has 1 amide bonds. The van der Waals surface area contributed by atoms with Gasteiger partial charge in [-0.25, -0.2) is 9.97 Å². The Kier molecular flexibility index (Phi) is 7.68. The Balaban J connectivity index is 1.31. The average molecular weight is 489 g/mol. The van der Waals surface area contributed by atoms with Gasteiger partial charge in [-0.3, -0.25) is 9.78 Å². The number of anilines is 2. The Morgan fingerprint density at radius 1 is 1.03 bits per heavy atom. The molecular weight excluding hydrogens is 467 g/mol. The topological polar surface area (TPSA) is 74.2 Å². The summed E-state index contributed by atoms with van der Waals surface area (Å²) in [6.45, 7) is 3.74. The number of carbonyl (C=O) groups excluding carboxylic acids is 1. The summed E-state index contributed by atoms with van der Waals surface area (Å²) in [6, 6.07) is 13.4. The predicted octanol–water partition coefficient (Wildman–Crippen LogP) is 3.91. The number of halogens is 2. The molecule has 1 N–H and O–H groups in total. The van der Waals surface area contributed by atoms with E-state index < -0.39 is 0 Å². The summed E-state index contributed by atoms with van der Waals surface area (Å²) in [6.07, 6.45) is 3.43. The van der Waals surface area contributed by atoms with Gasteiger partial charge in [-0.2, -0.15) is 0 Å². The highest BCUT2D eigenvalue weighted by Gasteiger charge is 2.20. The van der Waals surface area contributed by atoms with Gasteiger partial charge in [-0.05, 0) is 29.8 Å². The summed E-state index contributed by atoms with van der Waals surface area (Å²) in [5, 5.41) is 4.46. The second-order valence-electron chi connectivity index (χ2n) is 7.21. The molecule has 10 heteroatoms. The first-order chi connectivity index (χ1) is 15.6. The molecule has 1 aromatic carbocycles. The molecule has 1 aliphatic rings. The molecule has 3 heterocycles. The Bertz CT molecular complexity index is 1060. The number of nitrogens with one attached hydrogen (secondary N) is 1. The molecule has 0 bridgehead atoms. The summed E-state index contributed by atoms with van der Waals surface area (Å²) >= 11 is 13.6. The van der Waals surface area contributed by atoms with Gasteiger partial charge in [0, 0.05) is 61.9 Å². The van der Waals surface area contributed by atoms with Gasteiger partial charge in [0.1, 0.15) is 11.0 Å². The SMILES string of the molecule is O=C(CSc1nc(Cl)cc(N2CCN(c3cccc(Cl)c3)CC2)n1)NCc1cccnc1. The summed E-state index contributed by atoms with van der Waals surface area (Å²) in [7, 11) is 0. The molecule has 166 valence electrons. The first kappa shape index (κ1) is 22.6. The summed E-state index contributed by atoms with van der Waals surface area (Å²) < 4.78 is 0. The van der Waals surface area contributed by atoms with Crippen molar-refractivity contribution in [2.24, 2.45) is 0 Å². The summed E-state index contributed by atoms with van der Waals surface area (Å²) in [5.41, 5.74) is 2.07. The zero-order chi connectivity index (χ0) is 22.3. The lowest BCUT2D eigenvalue weighted by molar-refractivity contribution is -0.118. The molecule has 0 saturated carbocycles. The molecule has 32 heavy (non-hydrogen) atoms. The van der Waals surface area contributed by atoms with Crippen molar-refractivity contribution >= 4 is 52.4 Å². The van der Waals surface area contributed by atoms with E-state index in [0.717, 1.165) is 48.3 Å². The van der Waals surface area contributed by atoms with Gasteiger partial charge in [-0.15, -0.1) is 0 Å². The minimum absolute atomic E-state index is 0.0980. The fourth-order valence-corrected chi connectivity index (χ4v) is 4.46. The highest BCUT2D eigenvalue weighted by atomic mass is 35.5. The Morgan fingerprint density at radius 2 is 1.84 bits per heavy atom. The molecule has 1 aliphatic heterocycles. The van der Waals surface area contributed by atoms with E-state index in [1.165, 1.54) is 11.8 Å². The van der Waals surface area contributed by atoms with Crippen molar-refractivity contribution in [1.82, 2.24) is 20.3 Å². The number of carbonyl (C=O) groups is 1. The largest absolute Gasteiger partial charge is 0.368 e. The average Bonchev–Trinajstić information content (AvgIpc) is 2.82. The number of thioether (sulfide) groups is 1. The van der Waals surface area contributed by atoms with E-state index in [2.05, 4.69) is 36.1 Å². The third-order valence-electron chi connectivity index (χ3n) is 4.98. The lowest BCUT2D eigenvalue weighted by Gasteiger charge is -2.36. The molecular formula is C22H22Cl2N6OS. The maximum atomic E-state index is 12.2. The number of hydrogen-bond acceptors (Lipinski definition) is 7. The van der Waals surface area contributed by atoms with Crippen molar-refractivity contribution < 1.29 is 4.79 Å². The third-order valence-corrected chi connectivity index (χ3v) is 6.26. The molecule has 1 fully saturated rings. The zero-order valence-electron chi connectivity index (χ0n) is 17.2. The van der Waals surface area contributed by atoms with Crippen molar-refractivity contribution in [3.8, 4) is 0 Å². The van der Waals surface area contributed by atoms with Gasteiger partial charge in [0.25, 0.3) is 0 Å². The summed E-state index contributed by atoms with van der Waals surface area (Å²) in [5.74, 6) is 0.885. The number of amides is 1. The van der Waals surface area contributed by atoms with Gasteiger partial charge < -0.3 is 15.1 Å². The van der Waals surface area contributed by atoms with E-state index in [4.69, 9.17) is 23.2 Å². The number of hydrogen-bond donors (Lipinski definition) is 1. The molecule has 7 nitrogen and oxygen atoms in total. The highest BCUT2D eigenvalue weighted by Crippen LogP contribution is 2.25. The van der Waals surface area contributed by atoms with E-state index in [1.54, 1.807) is 18.5 Å². The molecule has 4 rings (SSSR count). The van der Waals surface area contributed by atoms with Crippen LogP contribution in [0.4, 0.5) is 11.5 Å². The Labute approximate surface area is 201 Å². The van der Waals surface area contributed by atoms with Crippen molar-refractivity contribution in [2.45, 2.75) is 11.7 Å². The van der Waals surface area contributed by atoms with Crippen LogP contribution in [0.25, 0.3) is 0 Å². The first-order valence-corrected chi connectivity index (χ1v) is 11.9. The molecule has 1 saturated heterocycles. The number of aromatic nitrogens is 3. The van der Waals surface area contributed by atoms with Crippen LogP contribution in [0.2, 0.25) is 10.2 Å². The maximum Gasteiger partial charge on any atom is 0.230 e. The van der Waals surface area contributed by atoms with Crippen molar-refractivity contribution in [1.29, 1.82) is 0 Å². The smallest absolute Gasteiger partial charge is 0.230 e. The molecule has 0 atom stereocenters. The standard InChI is InChI=1S/C22H22Cl2N6OS/c23-17-4-1-5-18(11-17)29-7-9-30(10-8-29)20-12-19(24)27-22(28-20)32-15-21(31)26-14-16-3-2-6-25-13-16/h1-6,11-13H,7-10,14-15H2,(H,26,31). The summed E-state index contributed by atoms with van der Waals surface area (Å²) in [4.78, 5) is 29.6. The highest BCUT2D eigenvalue weighted by molar-refractivity contribution is 7.99. The maximum absolute atomic E-state index is 12.2. The predicted molar refractivity (Wildman–Crippen MR) is 130 cm³/mol. The third kappa shape index (κ3) is 6.25. The minimum Gasteiger partial charge on any atom is -0.368 e. The number of benzene rings is 1. The number of piperazine rings is 1. The van der Waals surface area contributed by atoms with Gasteiger partial charge in [0.2, 0.25) is 5.91 Å². The Hall–Kier alpha value is -2.55. The molecule has 2 aromatic heterocycles. The number of nitrogens with zero attached hydrogens (tertiary/aromatic N) is 5. The molecule has 3 aromatic rings. The van der Waals surface area contributed by atoms with Crippen LogP contribution >= 0.6 is 35.0 Å². The van der Waals surface area contributed by atoms with Crippen LogP contribution in [-0.2, 0) is 11.3 Å². The van der Waals surface area contributed by atoms with Crippen LogP contribution in [0, 0.1) is 0 Å². The fourth-order valence-electron chi connectivity index (χ4n) is 3.36. The van der Waals surface area contributed by atoms with Crippen molar-refractivity contribution in [3.05, 3.63) is 70.6 Å². The van der Waals surface area contributed by atoms with Gasteiger partial charge >= 0.3 is 0 Å². The van der Waals surface area contributed by atoms with E-state index in [9.17, 15) is 4.79 Å². The van der Waals surface area contributed by atoms with Gasteiger partial charge in [0.05, 0.1) is 5.75 Å². The van der Waals surface area contributed by atoms with Gasteiger partial charge in [-0.1, -0.05) is 47.1 Å². The van der Waals surface area contributed by atoms with Crippen molar-refractivity contribution in [3.63, 3.8) is 0 Å². The monoisotopic (exact) mass is 488 g/mol. The van der Waals surface area contributed by atoms with Gasteiger partial charge in [0.15, 0.2) is 5.16 Å².